The molecule has 2 N–H and O–H groups in total. The molecule has 1 aliphatic heterocycles. The Balaban J connectivity index is 1.27. The first-order chi connectivity index (χ1) is 17.7. The van der Waals surface area contributed by atoms with Crippen LogP contribution in [0.15, 0.2) is 66.7 Å². The summed E-state index contributed by atoms with van der Waals surface area (Å²) < 4.78 is 45.9. The van der Waals surface area contributed by atoms with Crippen LogP contribution in [0.2, 0.25) is 5.02 Å². The molecule has 1 aliphatic carbocycles. The van der Waals surface area contributed by atoms with Gasteiger partial charge >= 0.3 is 0 Å². The molecule has 1 saturated carbocycles. The number of nitrogens with one attached hydrogen (secondary N) is 1. The summed E-state index contributed by atoms with van der Waals surface area (Å²) in [5.74, 6) is 0.270. The lowest BCUT2D eigenvalue weighted by molar-refractivity contribution is 0.0375. The van der Waals surface area contributed by atoms with Gasteiger partial charge in [0.25, 0.3) is 0 Å². The van der Waals surface area contributed by atoms with Crippen molar-refractivity contribution in [1.82, 2.24) is 9.62 Å². The number of aliphatic hydroxyl groups is 1. The van der Waals surface area contributed by atoms with Crippen molar-refractivity contribution in [2.45, 2.75) is 31.0 Å². The highest BCUT2D eigenvalue weighted by Crippen LogP contribution is 2.46. The Kier molecular flexibility index (Phi) is 7.56. The van der Waals surface area contributed by atoms with Crippen LogP contribution in [0.5, 0.6) is 5.75 Å². The van der Waals surface area contributed by atoms with E-state index in [2.05, 4.69) is 29.2 Å². The third-order valence-corrected chi connectivity index (χ3v) is 7.80. The number of sulfonamides is 1. The van der Waals surface area contributed by atoms with Crippen molar-refractivity contribution in [2.24, 2.45) is 5.92 Å². The van der Waals surface area contributed by atoms with Crippen LogP contribution in [0.25, 0.3) is 0 Å². The van der Waals surface area contributed by atoms with E-state index in [0.717, 1.165) is 37.8 Å². The van der Waals surface area contributed by atoms with Gasteiger partial charge in [-0.25, -0.2) is 12.8 Å². The van der Waals surface area contributed by atoms with Crippen LogP contribution in [0.3, 0.4) is 0 Å². The first kappa shape index (κ1) is 26.1. The minimum atomic E-state index is -3.70. The minimum absolute atomic E-state index is 0.0943. The normalized spacial score (nSPS) is 18.3. The predicted octanol–water partition coefficient (Wildman–Crippen LogP) is 5.00. The zero-order valence-electron chi connectivity index (χ0n) is 20.5. The average molecular weight is 545 g/mol. The molecule has 3 aromatic rings. The van der Waals surface area contributed by atoms with Crippen molar-refractivity contribution in [3.05, 3.63) is 99.8 Å². The lowest BCUT2D eigenvalue weighted by Gasteiger charge is -2.44. The third kappa shape index (κ3) is 6.33. The Morgan fingerprint density at radius 1 is 1.08 bits per heavy atom. The second kappa shape index (κ2) is 10.7. The van der Waals surface area contributed by atoms with E-state index < -0.39 is 22.1 Å². The van der Waals surface area contributed by atoms with Gasteiger partial charge in [0, 0.05) is 35.7 Å². The summed E-state index contributed by atoms with van der Waals surface area (Å²) in [6.45, 7) is 2.11. The molecule has 196 valence electrons. The Morgan fingerprint density at radius 2 is 1.73 bits per heavy atom. The lowest BCUT2D eigenvalue weighted by atomic mass is 9.90. The fraction of sp³-hybridized carbons (Fsp3) is 0.357. The van der Waals surface area contributed by atoms with Crippen LogP contribution in [-0.2, 0) is 10.0 Å². The van der Waals surface area contributed by atoms with Gasteiger partial charge in [0.05, 0.1) is 18.9 Å². The van der Waals surface area contributed by atoms with E-state index in [1.54, 1.807) is 0 Å². The average Bonchev–Trinajstić information content (AvgIpc) is 3.66. The number of hydrogen-bond acceptors (Lipinski definition) is 5. The summed E-state index contributed by atoms with van der Waals surface area (Å²) in [6, 6.07) is 21.2. The number of rotatable bonds is 10. The van der Waals surface area contributed by atoms with Gasteiger partial charge in [-0.15, -0.1) is 0 Å². The second-order valence-corrected chi connectivity index (χ2v) is 12.2. The van der Waals surface area contributed by atoms with Gasteiger partial charge in [0.15, 0.2) is 0 Å². The molecule has 1 heterocycles. The number of ether oxygens (including phenoxy) is 1. The Morgan fingerprint density at radius 3 is 2.35 bits per heavy atom. The maximum Gasteiger partial charge on any atom is 0.211 e. The van der Waals surface area contributed by atoms with E-state index in [9.17, 15) is 17.9 Å². The monoisotopic (exact) mass is 544 g/mol. The summed E-state index contributed by atoms with van der Waals surface area (Å²) >= 11 is 6.12. The standard InChI is InChI=1S/C28H30ClFN2O4S/c1-37(34,35)31-28(33)24-13-23(19-7-8-19)26(14-25(24)30)36-17-18-15-32(16-18)27(20-5-3-2-4-6-20)21-9-11-22(29)12-10-21/h2-6,9-14,18-19,27-28,31,33H,7-8,15-17H2,1H3. The van der Waals surface area contributed by atoms with Gasteiger partial charge in [0.1, 0.15) is 17.8 Å². The smallest absolute Gasteiger partial charge is 0.211 e. The molecule has 6 nitrogen and oxygen atoms in total. The van der Waals surface area contributed by atoms with Crippen molar-refractivity contribution < 1.29 is 22.7 Å². The van der Waals surface area contributed by atoms with Crippen LogP contribution in [0.1, 0.15) is 53.3 Å². The summed E-state index contributed by atoms with van der Waals surface area (Å²) in [5.41, 5.74) is 3.09. The number of benzene rings is 3. The van der Waals surface area contributed by atoms with E-state index in [1.165, 1.54) is 23.3 Å². The summed E-state index contributed by atoms with van der Waals surface area (Å²) in [7, 11) is -3.70. The van der Waals surface area contributed by atoms with Crippen LogP contribution in [0.4, 0.5) is 4.39 Å². The number of likely N-dealkylation sites (tertiary alicyclic amines) is 1. The summed E-state index contributed by atoms with van der Waals surface area (Å²) in [6.07, 6.45) is 1.18. The highest BCUT2D eigenvalue weighted by Gasteiger charge is 2.35. The molecule has 2 atom stereocenters. The zero-order valence-corrected chi connectivity index (χ0v) is 22.1. The van der Waals surface area contributed by atoms with Crippen molar-refractivity contribution in [3.8, 4) is 5.75 Å². The van der Waals surface area contributed by atoms with Crippen LogP contribution in [-0.4, -0.2) is 44.4 Å². The number of halogens is 2. The second-order valence-electron chi connectivity index (χ2n) is 9.97. The van der Waals surface area contributed by atoms with Gasteiger partial charge in [-0.3, -0.25) is 4.90 Å². The fourth-order valence-corrected chi connectivity index (χ4v) is 5.59. The van der Waals surface area contributed by atoms with Gasteiger partial charge in [-0.2, -0.15) is 4.72 Å². The number of hydrogen-bond donors (Lipinski definition) is 2. The highest BCUT2D eigenvalue weighted by atomic mass is 35.5. The van der Waals surface area contributed by atoms with E-state index in [4.69, 9.17) is 16.3 Å². The molecule has 5 rings (SSSR count). The predicted molar refractivity (Wildman–Crippen MR) is 142 cm³/mol. The Hall–Kier alpha value is -2.49. The van der Waals surface area contributed by atoms with E-state index >= 15 is 0 Å². The molecule has 0 radical (unpaired) electrons. The largest absolute Gasteiger partial charge is 0.493 e. The van der Waals surface area contributed by atoms with Crippen molar-refractivity contribution in [2.75, 3.05) is 26.0 Å². The van der Waals surface area contributed by atoms with Crippen molar-refractivity contribution >= 4 is 21.6 Å². The quantitative estimate of drug-likeness (QED) is 0.351. The molecule has 1 saturated heterocycles. The molecule has 37 heavy (non-hydrogen) atoms. The molecule has 2 fully saturated rings. The number of nitrogens with zero attached hydrogens (tertiary/aromatic N) is 1. The summed E-state index contributed by atoms with van der Waals surface area (Å²) in [4.78, 5) is 2.39. The van der Waals surface area contributed by atoms with Crippen molar-refractivity contribution in [3.63, 3.8) is 0 Å². The highest BCUT2D eigenvalue weighted by molar-refractivity contribution is 7.88. The molecule has 0 amide bonds. The van der Waals surface area contributed by atoms with Crippen LogP contribution in [0, 0.1) is 11.7 Å². The first-order valence-electron chi connectivity index (χ1n) is 12.3. The van der Waals surface area contributed by atoms with E-state index in [0.29, 0.717) is 17.4 Å². The lowest BCUT2D eigenvalue weighted by Crippen LogP contribution is -2.51. The van der Waals surface area contributed by atoms with Crippen molar-refractivity contribution in [1.29, 1.82) is 0 Å². The maximum absolute atomic E-state index is 14.8. The molecular formula is C28H30ClFN2O4S. The molecule has 0 spiro atoms. The first-order valence-corrected chi connectivity index (χ1v) is 14.6. The minimum Gasteiger partial charge on any atom is -0.493 e. The molecule has 2 unspecified atom stereocenters. The third-order valence-electron chi connectivity index (χ3n) is 6.89. The maximum atomic E-state index is 14.8. The number of aliphatic hydroxyl groups excluding tert-OH is 1. The topological polar surface area (TPSA) is 78.9 Å². The molecule has 2 aliphatic rings. The molecule has 9 heteroatoms. The molecule has 0 bridgehead atoms. The Bertz CT molecular complexity index is 1340. The van der Waals surface area contributed by atoms with Gasteiger partial charge < -0.3 is 9.84 Å². The molecule has 0 aromatic heterocycles. The molecule has 3 aromatic carbocycles. The Labute approximate surface area is 222 Å². The summed E-state index contributed by atoms with van der Waals surface area (Å²) in [5, 5.41) is 10.9. The zero-order chi connectivity index (χ0) is 26.2. The SMILES string of the molecule is CS(=O)(=O)NC(O)c1cc(C2CC2)c(OCC2CN(C(c3ccccc3)c3ccc(Cl)cc3)C2)cc1F. The van der Waals surface area contributed by atoms with E-state index in [1.807, 2.05) is 35.1 Å². The van der Waals surface area contributed by atoms with E-state index in [-0.39, 0.29) is 23.4 Å². The van der Waals surface area contributed by atoms with Crippen LogP contribution < -0.4 is 9.46 Å². The fourth-order valence-electron chi connectivity index (χ4n) is 4.93. The molecular weight excluding hydrogens is 515 g/mol. The van der Waals surface area contributed by atoms with Gasteiger partial charge in [0.2, 0.25) is 10.0 Å². The van der Waals surface area contributed by atoms with Crippen LogP contribution >= 0.6 is 11.6 Å². The van der Waals surface area contributed by atoms with Gasteiger partial charge in [-0.1, -0.05) is 54.1 Å². The van der Waals surface area contributed by atoms with Gasteiger partial charge in [-0.05, 0) is 53.6 Å².